The van der Waals surface area contributed by atoms with Crippen LogP contribution in [0.1, 0.15) is 61.0 Å². The van der Waals surface area contributed by atoms with Crippen molar-refractivity contribution in [2.75, 3.05) is 13.2 Å². The Kier molecular flexibility index (Phi) is 8.29. The van der Waals surface area contributed by atoms with E-state index in [0.29, 0.717) is 35.1 Å². The van der Waals surface area contributed by atoms with Gasteiger partial charge in [0.05, 0.1) is 12.0 Å². The minimum atomic E-state index is -1.22. The topological polar surface area (TPSA) is 102 Å². The SMILES string of the molecule is CCOCC(C)(CC(Cc1ccc(-c2cc(Cl)ccc2F)cc1)NC(=O)c1coc(C2CC2)n1)C(=O)O. The number of hydrogen-bond acceptors (Lipinski definition) is 5. The normalized spacial score (nSPS) is 15.7. The van der Waals surface area contributed by atoms with Crippen LogP contribution >= 0.6 is 11.6 Å². The van der Waals surface area contributed by atoms with Crippen LogP contribution in [0.5, 0.6) is 0 Å². The van der Waals surface area contributed by atoms with Gasteiger partial charge in [-0.05, 0) is 68.9 Å². The van der Waals surface area contributed by atoms with Crippen LogP contribution in [0, 0.1) is 11.2 Å². The highest BCUT2D eigenvalue weighted by Gasteiger charge is 2.37. The molecule has 0 bridgehead atoms. The standard InChI is InChI=1S/C28H30ClFN2O5/c1-3-36-16-28(2,27(34)35)14-21(31-25(33)24-15-37-26(32-24)19-8-9-19)12-17-4-6-18(7-5-17)22-13-20(29)10-11-23(22)30/h4-7,10-11,13,15,19,21H,3,8-9,12,14,16H2,1-2H3,(H,31,33)(H,34,35). The quantitative estimate of drug-likeness (QED) is 0.305. The number of carboxylic acids is 1. The Morgan fingerprint density at radius 1 is 1.27 bits per heavy atom. The van der Waals surface area contributed by atoms with E-state index in [0.717, 1.165) is 18.4 Å². The number of rotatable bonds is 12. The molecule has 1 aromatic heterocycles. The second kappa shape index (κ2) is 11.4. The Bertz CT molecular complexity index is 1260. The van der Waals surface area contributed by atoms with Crippen molar-refractivity contribution in [1.82, 2.24) is 10.3 Å². The number of aromatic nitrogens is 1. The third-order valence-corrected chi connectivity index (χ3v) is 6.76. The summed E-state index contributed by atoms with van der Waals surface area (Å²) < 4.78 is 25.2. The van der Waals surface area contributed by atoms with E-state index in [1.165, 1.54) is 18.4 Å². The number of amides is 1. The minimum absolute atomic E-state index is 0.00791. The monoisotopic (exact) mass is 528 g/mol. The molecule has 2 aromatic carbocycles. The molecule has 3 aromatic rings. The second-order valence-corrected chi connectivity index (χ2v) is 10.2. The maximum Gasteiger partial charge on any atom is 0.311 e. The van der Waals surface area contributed by atoms with Crippen molar-refractivity contribution in [3.05, 3.63) is 76.7 Å². The number of carbonyl (C=O) groups excluding carboxylic acids is 1. The highest BCUT2D eigenvalue weighted by atomic mass is 35.5. The number of ether oxygens (including phenoxy) is 1. The number of carbonyl (C=O) groups is 2. The lowest BCUT2D eigenvalue weighted by Gasteiger charge is -2.30. The zero-order valence-corrected chi connectivity index (χ0v) is 21.6. The molecule has 4 rings (SSSR count). The molecule has 0 radical (unpaired) electrons. The van der Waals surface area contributed by atoms with Crippen LogP contribution in [0.25, 0.3) is 11.1 Å². The van der Waals surface area contributed by atoms with Crippen LogP contribution in [0.4, 0.5) is 4.39 Å². The van der Waals surface area contributed by atoms with Gasteiger partial charge < -0.3 is 19.6 Å². The van der Waals surface area contributed by atoms with Gasteiger partial charge in [-0.25, -0.2) is 9.37 Å². The Morgan fingerprint density at radius 3 is 2.65 bits per heavy atom. The van der Waals surface area contributed by atoms with E-state index < -0.39 is 23.3 Å². The third kappa shape index (κ3) is 6.76. The van der Waals surface area contributed by atoms with Gasteiger partial charge in [-0.1, -0.05) is 35.9 Å². The first-order chi connectivity index (χ1) is 17.7. The fraction of sp³-hybridized carbons (Fsp3) is 0.393. The summed E-state index contributed by atoms with van der Waals surface area (Å²) in [5, 5.41) is 13.3. The number of carboxylic acid groups (broad SMARTS) is 1. The van der Waals surface area contributed by atoms with Gasteiger partial charge in [-0.2, -0.15) is 0 Å². The molecule has 1 aliphatic carbocycles. The zero-order valence-electron chi connectivity index (χ0n) is 20.8. The Balaban J connectivity index is 1.54. The van der Waals surface area contributed by atoms with Crippen molar-refractivity contribution < 1.29 is 28.2 Å². The van der Waals surface area contributed by atoms with Crippen LogP contribution in [-0.2, 0) is 16.0 Å². The molecule has 9 heteroatoms. The number of aliphatic carboxylic acids is 1. The lowest BCUT2D eigenvalue weighted by atomic mass is 9.82. The molecular weight excluding hydrogens is 499 g/mol. The summed E-state index contributed by atoms with van der Waals surface area (Å²) in [4.78, 5) is 29.5. The molecule has 1 fully saturated rings. The lowest BCUT2D eigenvalue weighted by Crippen LogP contribution is -2.44. The third-order valence-electron chi connectivity index (χ3n) is 6.53. The minimum Gasteiger partial charge on any atom is -0.481 e. The average molecular weight is 529 g/mol. The first kappa shape index (κ1) is 26.8. The number of benzene rings is 2. The first-order valence-electron chi connectivity index (χ1n) is 12.3. The molecule has 7 nitrogen and oxygen atoms in total. The van der Waals surface area contributed by atoms with Gasteiger partial charge >= 0.3 is 5.97 Å². The molecule has 0 aliphatic heterocycles. The maximum absolute atomic E-state index is 14.3. The van der Waals surface area contributed by atoms with Gasteiger partial charge in [0, 0.05) is 29.2 Å². The highest BCUT2D eigenvalue weighted by Crippen LogP contribution is 2.39. The molecule has 0 saturated heterocycles. The first-order valence-corrected chi connectivity index (χ1v) is 12.7. The van der Waals surface area contributed by atoms with Gasteiger partial charge in [-0.3, -0.25) is 9.59 Å². The van der Waals surface area contributed by atoms with E-state index >= 15 is 0 Å². The van der Waals surface area contributed by atoms with Crippen molar-refractivity contribution in [3.63, 3.8) is 0 Å². The highest BCUT2D eigenvalue weighted by molar-refractivity contribution is 6.30. The Labute approximate surface area is 220 Å². The summed E-state index contributed by atoms with van der Waals surface area (Å²) in [5.41, 5.74) is 0.837. The molecule has 1 aliphatic rings. The Morgan fingerprint density at radius 2 is 2.00 bits per heavy atom. The predicted molar refractivity (Wildman–Crippen MR) is 137 cm³/mol. The van der Waals surface area contributed by atoms with Gasteiger partial charge in [0.15, 0.2) is 11.6 Å². The van der Waals surface area contributed by atoms with E-state index in [1.54, 1.807) is 32.0 Å². The summed E-state index contributed by atoms with van der Waals surface area (Å²) in [6.07, 6.45) is 3.81. The fourth-order valence-corrected chi connectivity index (χ4v) is 4.42. The van der Waals surface area contributed by atoms with Gasteiger partial charge in [-0.15, -0.1) is 0 Å². The van der Waals surface area contributed by atoms with E-state index in [1.807, 2.05) is 12.1 Å². The number of nitrogens with one attached hydrogen (secondary N) is 1. The van der Waals surface area contributed by atoms with Crippen molar-refractivity contribution in [2.24, 2.45) is 5.41 Å². The van der Waals surface area contributed by atoms with Crippen LogP contribution < -0.4 is 5.32 Å². The molecule has 1 heterocycles. The van der Waals surface area contributed by atoms with Crippen molar-refractivity contribution in [1.29, 1.82) is 0 Å². The van der Waals surface area contributed by atoms with Crippen molar-refractivity contribution in [3.8, 4) is 11.1 Å². The summed E-state index contributed by atoms with van der Waals surface area (Å²) in [7, 11) is 0. The van der Waals surface area contributed by atoms with E-state index in [9.17, 15) is 19.1 Å². The van der Waals surface area contributed by atoms with Crippen LogP contribution in [-0.4, -0.2) is 41.2 Å². The van der Waals surface area contributed by atoms with Crippen LogP contribution in [0.3, 0.4) is 0 Å². The molecule has 0 spiro atoms. The fourth-order valence-electron chi connectivity index (χ4n) is 4.25. The van der Waals surface area contributed by atoms with Crippen molar-refractivity contribution in [2.45, 2.75) is 51.5 Å². The van der Waals surface area contributed by atoms with Crippen molar-refractivity contribution >= 4 is 23.5 Å². The van der Waals surface area contributed by atoms with Gasteiger partial charge in [0.25, 0.3) is 5.91 Å². The largest absolute Gasteiger partial charge is 0.481 e. The second-order valence-electron chi connectivity index (χ2n) is 9.75. The van der Waals surface area contributed by atoms with Crippen LogP contribution in [0.15, 0.2) is 53.1 Å². The zero-order chi connectivity index (χ0) is 26.6. The summed E-state index contributed by atoms with van der Waals surface area (Å²) in [6, 6.07) is 11.1. The number of nitrogens with zero attached hydrogens (tertiary/aromatic N) is 1. The number of halogens is 2. The molecule has 2 unspecified atom stereocenters. The Hall–Kier alpha value is -3.23. The van der Waals surface area contributed by atoms with E-state index in [2.05, 4.69) is 10.3 Å². The summed E-state index contributed by atoms with van der Waals surface area (Å²) in [6.45, 7) is 3.79. The maximum atomic E-state index is 14.3. The van der Waals surface area contributed by atoms with E-state index in [-0.39, 0.29) is 30.5 Å². The summed E-state index contributed by atoms with van der Waals surface area (Å²) >= 11 is 6.03. The molecule has 2 atom stereocenters. The molecule has 1 amide bonds. The van der Waals surface area contributed by atoms with Crippen LogP contribution in [0.2, 0.25) is 5.02 Å². The molecule has 37 heavy (non-hydrogen) atoms. The molecule has 196 valence electrons. The number of oxazole rings is 1. The predicted octanol–water partition coefficient (Wildman–Crippen LogP) is 5.87. The molecular formula is C28H30ClFN2O5. The molecule has 1 saturated carbocycles. The smallest absolute Gasteiger partial charge is 0.311 e. The van der Waals surface area contributed by atoms with Gasteiger partial charge in [0.1, 0.15) is 12.1 Å². The molecule has 2 N–H and O–H groups in total. The van der Waals surface area contributed by atoms with E-state index in [4.69, 9.17) is 20.8 Å². The summed E-state index contributed by atoms with van der Waals surface area (Å²) in [5.74, 6) is -1.00. The average Bonchev–Trinajstić information content (AvgIpc) is 3.60. The lowest BCUT2D eigenvalue weighted by molar-refractivity contribution is -0.152. The number of hydrogen-bond donors (Lipinski definition) is 2. The van der Waals surface area contributed by atoms with Gasteiger partial charge in [0.2, 0.25) is 0 Å².